The topological polar surface area (TPSA) is 58.0 Å². The molecule has 0 saturated heterocycles. The molecule has 0 aliphatic heterocycles. The average Bonchev–Trinajstić information content (AvgIpc) is 2.55. The number of fused-ring (bicyclic) bond motifs is 1. The van der Waals surface area contributed by atoms with Crippen LogP contribution < -0.4 is 0 Å². The van der Waals surface area contributed by atoms with Gasteiger partial charge in [0, 0.05) is 12.0 Å². The van der Waals surface area contributed by atoms with E-state index < -0.39 is 0 Å². The zero-order valence-corrected chi connectivity index (χ0v) is 7.92. The molecular formula is C10H11N3O. The molecule has 0 fully saturated rings. The van der Waals surface area contributed by atoms with Crippen molar-refractivity contribution in [2.24, 2.45) is 5.11 Å². The smallest absolute Gasteiger partial charge is 0.0911 e. The molecule has 1 aromatic rings. The monoisotopic (exact) mass is 189 g/mol. The van der Waals surface area contributed by atoms with Crippen LogP contribution in [-0.4, -0.2) is 13.2 Å². The van der Waals surface area contributed by atoms with Gasteiger partial charge < -0.3 is 4.74 Å². The van der Waals surface area contributed by atoms with Gasteiger partial charge in [-0.3, -0.25) is 0 Å². The summed E-state index contributed by atoms with van der Waals surface area (Å²) in [5.74, 6) is 0. The van der Waals surface area contributed by atoms with E-state index in [1.165, 1.54) is 5.56 Å². The van der Waals surface area contributed by atoms with E-state index in [1.807, 2.05) is 24.3 Å². The highest BCUT2D eigenvalue weighted by atomic mass is 16.5. The highest BCUT2D eigenvalue weighted by molar-refractivity contribution is 5.36. The fourth-order valence-electron chi connectivity index (χ4n) is 1.99. The van der Waals surface area contributed by atoms with Crippen LogP contribution in [0.2, 0.25) is 0 Å². The zero-order chi connectivity index (χ0) is 9.97. The van der Waals surface area contributed by atoms with Gasteiger partial charge in [-0.2, -0.15) is 0 Å². The van der Waals surface area contributed by atoms with Crippen molar-refractivity contribution >= 4 is 0 Å². The lowest BCUT2D eigenvalue weighted by Crippen LogP contribution is -2.12. The van der Waals surface area contributed by atoms with E-state index >= 15 is 0 Å². The molecule has 0 amide bonds. The van der Waals surface area contributed by atoms with Crippen molar-refractivity contribution in [2.45, 2.75) is 18.6 Å². The third-order valence-corrected chi connectivity index (χ3v) is 2.59. The lowest BCUT2D eigenvalue weighted by atomic mass is 10.1. The molecule has 0 bridgehead atoms. The molecule has 1 aliphatic carbocycles. The Morgan fingerprint density at radius 3 is 3.00 bits per heavy atom. The van der Waals surface area contributed by atoms with Gasteiger partial charge in [0.2, 0.25) is 0 Å². The summed E-state index contributed by atoms with van der Waals surface area (Å²) in [5.41, 5.74) is 10.8. The van der Waals surface area contributed by atoms with Crippen molar-refractivity contribution in [1.82, 2.24) is 0 Å². The van der Waals surface area contributed by atoms with Crippen LogP contribution in [0.3, 0.4) is 0 Å². The van der Waals surface area contributed by atoms with Gasteiger partial charge in [-0.15, -0.1) is 0 Å². The van der Waals surface area contributed by atoms with Crippen molar-refractivity contribution in [1.29, 1.82) is 0 Å². The third kappa shape index (κ3) is 1.35. The van der Waals surface area contributed by atoms with Crippen LogP contribution in [-0.2, 0) is 11.2 Å². The lowest BCUT2D eigenvalue weighted by Gasteiger charge is -2.13. The predicted octanol–water partition coefficient (Wildman–Crippen LogP) is 2.61. The Bertz CT molecular complexity index is 385. The molecule has 1 aliphatic rings. The summed E-state index contributed by atoms with van der Waals surface area (Å²) in [6.45, 7) is 0. The van der Waals surface area contributed by atoms with Gasteiger partial charge in [-0.25, -0.2) is 0 Å². The quantitative estimate of drug-likeness (QED) is 0.400. The molecule has 0 radical (unpaired) electrons. The van der Waals surface area contributed by atoms with Gasteiger partial charge in [0.05, 0.1) is 12.1 Å². The Morgan fingerprint density at radius 1 is 1.50 bits per heavy atom. The van der Waals surface area contributed by atoms with E-state index in [0.717, 1.165) is 12.0 Å². The van der Waals surface area contributed by atoms with Crippen LogP contribution in [0.1, 0.15) is 17.2 Å². The molecule has 4 heteroatoms. The maximum Gasteiger partial charge on any atom is 0.0911 e. The second kappa shape index (κ2) is 3.70. The highest BCUT2D eigenvalue weighted by Gasteiger charge is 2.31. The second-order valence-electron chi connectivity index (χ2n) is 3.33. The normalized spacial score (nSPS) is 24.1. The number of rotatable bonds is 2. The van der Waals surface area contributed by atoms with E-state index in [0.29, 0.717) is 0 Å². The standard InChI is InChI=1S/C10H11N3O/c1-14-10-8-5-3-2-4-7(8)6-9(10)12-13-11/h2-5,9-10H,6H2,1H3. The van der Waals surface area contributed by atoms with Crippen molar-refractivity contribution in [3.05, 3.63) is 45.8 Å². The SMILES string of the molecule is COC1c2ccccc2CC1N=[N+]=[N-]. The first-order valence-corrected chi connectivity index (χ1v) is 4.51. The summed E-state index contributed by atoms with van der Waals surface area (Å²) >= 11 is 0. The predicted molar refractivity (Wildman–Crippen MR) is 52.8 cm³/mol. The molecule has 0 N–H and O–H groups in total. The molecule has 72 valence electrons. The summed E-state index contributed by atoms with van der Waals surface area (Å²) in [6, 6.07) is 7.94. The molecular weight excluding hydrogens is 178 g/mol. The van der Waals surface area contributed by atoms with E-state index in [4.69, 9.17) is 10.3 Å². The first-order chi connectivity index (χ1) is 6.86. The van der Waals surface area contributed by atoms with Crippen LogP contribution in [0.4, 0.5) is 0 Å². The number of methoxy groups -OCH3 is 1. The average molecular weight is 189 g/mol. The van der Waals surface area contributed by atoms with Crippen LogP contribution >= 0.6 is 0 Å². The minimum atomic E-state index is -0.0950. The number of nitrogens with zero attached hydrogens (tertiary/aromatic N) is 3. The second-order valence-corrected chi connectivity index (χ2v) is 3.33. The molecule has 0 heterocycles. The molecule has 0 saturated carbocycles. The van der Waals surface area contributed by atoms with Crippen molar-refractivity contribution in [3.8, 4) is 0 Å². The Labute approximate surface area is 82.1 Å². The zero-order valence-electron chi connectivity index (χ0n) is 7.92. The molecule has 0 spiro atoms. The minimum Gasteiger partial charge on any atom is -0.376 e. The molecule has 4 nitrogen and oxygen atoms in total. The number of hydrogen-bond donors (Lipinski definition) is 0. The molecule has 14 heavy (non-hydrogen) atoms. The summed E-state index contributed by atoms with van der Waals surface area (Å²) in [4.78, 5) is 2.84. The van der Waals surface area contributed by atoms with E-state index in [9.17, 15) is 0 Å². The Hall–Kier alpha value is -1.51. The Morgan fingerprint density at radius 2 is 2.29 bits per heavy atom. The summed E-state index contributed by atoms with van der Waals surface area (Å²) < 4.78 is 5.34. The maximum atomic E-state index is 8.42. The fourth-order valence-corrected chi connectivity index (χ4v) is 1.99. The van der Waals surface area contributed by atoms with Gasteiger partial charge in [-0.1, -0.05) is 29.4 Å². The Balaban J connectivity index is 2.38. The summed E-state index contributed by atoms with van der Waals surface area (Å²) in [6.07, 6.45) is 0.695. The van der Waals surface area contributed by atoms with Crippen LogP contribution in [0.15, 0.2) is 29.4 Å². The van der Waals surface area contributed by atoms with Crippen LogP contribution in [0.25, 0.3) is 10.4 Å². The van der Waals surface area contributed by atoms with Gasteiger partial charge in [0.15, 0.2) is 0 Å². The van der Waals surface area contributed by atoms with Crippen LogP contribution in [0, 0.1) is 0 Å². The molecule has 1 aromatic carbocycles. The van der Waals surface area contributed by atoms with Gasteiger partial charge in [-0.05, 0) is 23.1 Å². The fraction of sp³-hybridized carbons (Fsp3) is 0.400. The largest absolute Gasteiger partial charge is 0.376 e. The number of ether oxygens (including phenoxy) is 1. The molecule has 2 unspecified atom stereocenters. The summed E-state index contributed by atoms with van der Waals surface area (Å²) in [5, 5.41) is 3.75. The number of azide groups is 1. The highest BCUT2D eigenvalue weighted by Crippen LogP contribution is 2.35. The summed E-state index contributed by atoms with van der Waals surface area (Å²) in [7, 11) is 1.65. The third-order valence-electron chi connectivity index (χ3n) is 2.59. The van der Waals surface area contributed by atoms with E-state index in [-0.39, 0.29) is 12.1 Å². The molecule has 2 rings (SSSR count). The van der Waals surface area contributed by atoms with Gasteiger partial charge >= 0.3 is 0 Å². The number of hydrogen-bond acceptors (Lipinski definition) is 2. The van der Waals surface area contributed by atoms with Crippen molar-refractivity contribution in [2.75, 3.05) is 7.11 Å². The molecule has 2 atom stereocenters. The maximum absolute atomic E-state index is 8.42. The Kier molecular flexibility index (Phi) is 2.39. The first-order valence-electron chi connectivity index (χ1n) is 4.51. The first kappa shape index (κ1) is 9.06. The van der Waals surface area contributed by atoms with Gasteiger partial charge in [0.1, 0.15) is 0 Å². The molecule has 0 aromatic heterocycles. The van der Waals surface area contributed by atoms with Crippen molar-refractivity contribution in [3.63, 3.8) is 0 Å². The lowest BCUT2D eigenvalue weighted by molar-refractivity contribution is 0.0904. The van der Waals surface area contributed by atoms with E-state index in [1.54, 1.807) is 7.11 Å². The van der Waals surface area contributed by atoms with E-state index in [2.05, 4.69) is 10.0 Å². The van der Waals surface area contributed by atoms with Gasteiger partial charge in [0.25, 0.3) is 0 Å². The van der Waals surface area contributed by atoms with Crippen LogP contribution in [0.5, 0.6) is 0 Å². The van der Waals surface area contributed by atoms with Crippen molar-refractivity contribution < 1.29 is 4.74 Å². The minimum absolute atomic E-state index is 0.0814. The number of benzene rings is 1.